The van der Waals surface area contributed by atoms with Crippen LogP contribution in [0.3, 0.4) is 0 Å². The van der Waals surface area contributed by atoms with Crippen molar-refractivity contribution in [3.05, 3.63) is 24.3 Å². The van der Waals surface area contributed by atoms with E-state index in [1.165, 1.54) is 0 Å². The highest BCUT2D eigenvalue weighted by molar-refractivity contribution is 7.89. The van der Waals surface area contributed by atoms with Gasteiger partial charge in [0.15, 0.2) is 0 Å². The lowest BCUT2D eigenvalue weighted by Crippen LogP contribution is -2.44. The molecule has 0 bridgehead atoms. The first-order chi connectivity index (χ1) is 9.95. The van der Waals surface area contributed by atoms with Gasteiger partial charge in [-0.15, -0.1) is 0 Å². The zero-order chi connectivity index (χ0) is 15.5. The van der Waals surface area contributed by atoms with Gasteiger partial charge >= 0.3 is 0 Å². The van der Waals surface area contributed by atoms with E-state index in [0.29, 0.717) is 17.4 Å². The number of benzene rings is 1. The minimum absolute atomic E-state index is 0.0871. The van der Waals surface area contributed by atoms with Crippen LogP contribution < -0.4 is 5.32 Å². The molecule has 118 valence electrons. The molecule has 0 aliphatic carbocycles. The van der Waals surface area contributed by atoms with E-state index in [1.807, 2.05) is 19.1 Å². The summed E-state index contributed by atoms with van der Waals surface area (Å²) < 4.78 is 27.2. The summed E-state index contributed by atoms with van der Waals surface area (Å²) in [6.07, 6.45) is 3.09. The Balaban J connectivity index is 2.18. The molecule has 0 radical (unpaired) electrons. The molecule has 4 nitrogen and oxygen atoms in total. The van der Waals surface area contributed by atoms with Crippen LogP contribution in [0.5, 0.6) is 0 Å². The van der Waals surface area contributed by atoms with Crippen LogP contribution in [0.15, 0.2) is 29.2 Å². The predicted molar refractivity (Wildman–Crippen MR) is 87.0 cm³/mol. The third kappa shape index (κ3) is 3.77. The normalized spacial score (nSPS) is 24.0. The summed E-state index contributed by atoms with van der Waals surface area (Å²) in [6, 6.07) is 7.20. The van der Waals surface area contributed by atoms with Crippen molar-refractivity contribution in [3.8, 4) is 0 Å². The molecule has 0 aromatic heterocycles. The van der Waals surface area contributed by atoms with Crippen molar-refractivity contribution >= 4 is 15.7 Å². The third-order valence-electron chi connectivity index (χ3n) is 4.10. The van der Waals surface area contributed by atoms with Gasteiger partial charge in [-0.2, -0.15) is 4.31 Å². The minimum Gasteiger partial charge on any atom is -0.385 e. The Morgan fingerprint density at radius 2 is 1.86 bits per heavy atom. The van der Waals surface area contributed by atoms with Gasteiger partial charge in [0, 0.05) is 24.8 Å². The van der Waals surface area contributed by atoms with E-state index in [0.717, 1.165) is 31.5 Å². The average Bonchev–Trinajstić information content (AvgIpc) is 2.48. The van der Waals surface area contributed by atoms with Crippen LogP contribution in [-0.4, -0.2) is 31.9 Å². The molecule has 1 fully saturated rings. The average molecular weight is 310 g/mol. The summed E-state index contributed by atoms with van der Waals surface area (Å²) in [5.74, 6) is 0.432. The summed E-state index contributed by atoms with van der Waals surface area (Å²) >= 11 is 0. The van der Waals surface area contributed by atoms with Gasteiger partial charge in [0.1, 0.15) is 0 Å². The molecule has 1 N–H and O–H groups in total. The van der Waals surface area contributed by atoms with Crippen LogP contribution in [0.25, 0.3) is 0 Å². The number of hydrogen-bond acceptors (Lipinski definition) is 3. The number of hydrogen-bond donors (Lipinski definition) is 1. The maximum absolute atomic E-state index is 12.8. The molecular formula is C16H26N2O2S. The van der Waals surface area contributed by atoms with Crippen molar-refractivity contribution in [1.29, 1.82) is 0 Å². The second-order valence-electron chi connectivity index (χ2n) is 6.06. The van der Waals surface area contributed by atoms with Crippen molar-refractivity contribution in [2.24, 2.45) is 5.92 Å². The highest BCUT2D eigenvalue weighted by atomic mass is 32.2. The Morgan fingerprint density at radius 3 is 2.48 bits per heavy atom. The van der Waals surface area contributed by atoms with Crippen LogP contribution in [0.1, 0.15) is 40.0 Å². The van der Waals surface area contributed by atoms with E-state index in [2.05, 4.69) is 19.2 Å². The second kappa shape index (κ2) is 6.79. The fourth-order valence-corrected chi connectivity index (χ4v) is 4.51. The number of nitrogens with one attached hydrogen (secondary N) is 1. The summed E-state index contributed by atoms with van der Waals surface area (Å²) in [5.41, 5.74) is 0.968. The summed E-state index contributed by atoms with van der Waals surface area (Å²) in [7, 11) is -3.38. The number of anilines is 1. The number of nitrogens with zero attached hydrogens (tertiary/aromatic N) is 1. The van der Waals surface area contributed by atoms with Crippen LogP contribution in [0.4, 0.5) is 5.69 Å². The largest absolute Gasteiger partial charge is 0.385 e. The van der Waals surface area contributed by atoms with Crippen molar-refractivity contribution in [2.75, 3.05) is 18.4 Å². The van der Waals surface area contributed by atoms with Gasteiger partial charge in [-0.25, -0.2) is 8.42 Å². The quantitative estimate of drug-likeness (QED) is 0.907. The molecule has 1 aliphatic rings. The fraction of sp³-hybridized carbons (Fsp3) is 0.625. The van der Waals surface area contributed by atoms with Gasteiger partial charge in [0.25, 0.3) is 0 Å². The van der Waals surface area contributed by atoms with E-state index in [1.54, 1.807) is 16.4 Å². The van der Waals surface area contributed by atoms with E-state index >= 15 is 0 Å². The molecule has 21 heavy (non-hydrogen) atoms. The highest BCUT2D eigenvalue weighted by Crippen LogP contribution is 2.28. The third-order valence-corrected chi connectivity index (χ3v) is 6.09. The van der Waals surface area contributed by atoms with Crippen LogP contribution >= 0.6 is 0 Å². The van der Waals surface area contributed by atoms with E-state index < -0.39 is 10.0 Å². The molecule has 0 amide bonds. The molecule has 2 rings (SSSR count). The zero-order valence-electron chi connectivity index (χ0n) is 13.2. The first kappa shape index (κ1) is 16.3. The molecule has 1 heterocycles. The Labute approximate surface area is 128 Å². The second-order valence-corrected chi connectivity index (χ2v) is 7.95. The molecule has 2 atom stereocenters. The van der Waals surface area contributed by atoms with E-state index in [4.69, 9.17) is 0 Å². The monoisotopic (exact) mass is 310 g/mol. The first-order valence-corrected chi connectivity index (χ1v) is 9.25. The van der Waals surface area contributed by atoms with Crippen LogP contribution in [0.2, 0.25) is 0 Å². The summed E-state index contributed by atoms with van der Waals surface area (Å²) in [5, 5.41) is 3.26. The molecule has 0 saturated carbocycles. The van der Waals surface area contributed by atoms with Crippen LogP contribution in [-0.2, 0) is 10.0 Å². The van der Waals surface area contributed by atoms with Gasteiger partial charge in [0.05, 0.1) is 4.90 Å². The van der Waals surface area contributed by atoms with Gasteiger partial charge in [-0.05, 0) is 56.4 Å². The fourth-order valence-electron chi connectivity index (χ4n) is 2.73. The Bertz CT molecular complexity index is 554. The van der Waals surface area contributed by atoms with Gasteiger partial charge < -0.3 is 5.32 Å². The molecule has 1 aliphatic heterocycles. The number of sulfonamides is 1. The molecule has 5 heteroatoms. The number of rotatable bonds is 5. The first-order valence-electron chi connectivity index (χ1n) is 7.81. The Morgan fingerprint density at radius 1 is 1.19 bits per heavy atom. The standard InChI is InChI=1S/C16H26N2O2S/c1-4-11-17-15-7-9-16(10-8-15)21(19,20)18-12-13(2)5-6-14(18)3/h7-10,13-14,17H,4-6,11-12H2,1-3H3. The topological polar surface area (TPSA) is 49.4 Å². The Hall–Kier alpha value is -1.07. The van der Waals surface area contributed by atoms with Crippen molar-refractivity contribution < 1.29 is 8.42 Å². The summed E-state index contributed by atoms with van der Waals surface area (Å²) in [4.78, 5) is 0.394. The van der Waals surface area contributed by atoms with Gasteiger partial charge in [-0.3, -0.25) is 0 Å². The lowest BCUT2D eigenvalue weighted by atomic mass is 9.97. The SMILES string of the molecule is CCCNc1ccc(S(=O)(=O)N2CC(C)CCC2C)cc1. The van der Waals surface area contributed by atoms with Crippen molar-refractivity contribution in [1.82, 2.24) is 4.31 Å². The maximum Gasteiger partial charge on any atom is 0.243 e. The lowest BCUT2D eigenvalue weighted by Gasteiger charge is -2.35. The van der Waals surface area contributed by atoms with Crippen LogP contribution in [0, 0.1) is 5.92 Å². The zero-order valence-corrected chi connectivity index (χ0v) is 14.0. The van der Waals surface area contributed by atoms with E-state index in [9.17, 15) is 8.42 Å². The number of piperidine rings is 1. The highest BCUT2D eigenvalue weighted by Gasteiger charge is 2.33. The predicted octanol–water partition coefficient (Wildman–Crippen LogP) is 3.32. The van der Waals surface area contributed by atoms with Gasteiger partial charge in [0.2, 0.25) is 10.0 Å². The minimum atomic E-state index is -3.38. The van der Waals surface area contributed by atoms with Gasteiger partial charge in [-0.1, -0.05) is 13.8 Å². The molecule has 1 aromatic carbocycles. The molecule has 1 aromatic rings. The molecule has 0 spiro atoms. The lowest BCUT2D eigenvalue weighted by molar-refractivity contribution is 0.218. The van der Waals surface area contributed by atoms with Crippen molar-refractivity contribution in [2.45, 2.75) is 51.0 Å². The van der Waals surface area contributed by atoms with E-state index in [-0.39, 0.29) is 6.04 Å². The molecular weight excluding hydrogens is 284 g/mol. The molecule has 1 saturated heterocycles. The smallest absolute Gasteiger partial charge is 0.243 e. The maximum atomic E-state index is 12.8. The molecule has 2 unspecified atom stereocenters. The summed E-state index contributed by atoms with van der Waals surface area (Å²) in [6.45, 7) is 7.74. The van der Waals surface area contributed by atoms with Crippen molar-refractivity contribution in [3.63, 3.8) is 0 Å². The Kier molecular flexibility index (Phi) is 5.27.